The van der Waals surface area contributed by atoms with Crippen LogP contribution in [0.25, 0.3) is 0 Å². The van der Waals surface area contributed by atoms with Gasteiger partial charge in [0.2, 0.25) is 0 Å². The van der Waals surface area contributed by atoms with E-state index < -0.39 is 0 Å². The number of hydrogen-bond donors (Lipinski definition) is 0. The van der Waals surface area contributed by atoms with E-state index in [0.717, 1.165) is 32.1 Å². The van der Waals surface area contributed by atoms with Gasteiger partial charge in [0.25, 0.3) is 0 Å². The Balaban J connectivity index is 3.55. The van der Waals surface area contributed by atoms with Crippen LogP contribution in [-0.4, -0.2) is 22.0 Å². The first-order valence-corrected chi connectivity index (χ1v) is 6.94. The van der Waals surface area contributed by atoms with Crippen LogP contribution >= 0.6 is 46.4 Å². The van der Waals surface area contributed by atoms with E-state index in [9.17, 15) is 0 Å². The van der Waals surface area contributed by atoms with E-state index >= 15 is 0 Å². The second-order valence-electron chi connectivity index (χ2n) is 3.50. The average molecular weight is 280 g/mol. The van der Waals surface area contributed by atoms with Crippen LogP contribution in [0.2, 0.25) is 0 Å². The topological polar surface area (TPSA) is 0 Å². The zero-order valence-corrected chi connectivity index (χ0v) is 11.5. The highest BCUT2D eigenvalue weighted by atomic mass is 35.5. The molecule has 0 bridgehead atoms. The molecule has 0 amide bonds. The minimum Gasteiger partial charge on any atom is -0.125 e. The van der Waals surface area contributed by atoms with E-state index in [-0.39, 0.29) is 16.1 Å². The first-order chi connectivity index (χ1) is 6.61. The predicted octanol–water partition coefficient (Wildman–Crippen LogP) is 5.02. The standard InChI is InChI=1S/C10H18Cl4/c1-2-3-4-9(13)10(14)6-5-8(12)7-11/h8-10H,2-7H2,1H3. The summed E-state index contributed by atoms with van der Waals surface area (Å²) in [6.07, 6.45) is 4.97. The molecule has 0 fully saturated rings. The van der Waals surface area contributed by atoms with Crippen molar-refractivity contribution in [2.24, 2.45) is 0 Å². The Hall–Kier alpha value is 1.16. The maximum atomic E-state index is 6.13. The van der Waals surface area contributed by atoms with Gasteiger partial charge in [-0.15, -0.1) is 46.4 Å². The zero-order valence-electron chi connectivity index (χ0n) is 8.49. The highest BCUT2D eigenvalue weighted by Crippen LogP contribution is 2.22. The maximum absolute atomic E-state index is 6.13. The van der Waals surface area contributed by atoms with Crippen molar-refractivity contribution in [3.63, 3.8) is 0 Å². The van der Waals surface area contributed by atoms with Crippen LogP contribution in [0.1, 0.15) is 39.0 Å². The first-order valence-electron chi connectivity index (χ1n) is 5.10. The van der Waals surface area contributed by atoms with E-state index in [1.165, 1.54) is 0 Å². The molecule has 0 aromatic rings. The van der Waals surface area contributed by atoms with Crippen LogP contribution < -0.4 is 0 Å². The molecular weight excluding hydrogens is 262 g/mol. The van der Waals surface area contributed by atoms with Crippen LogP contribution in [0, 0.1) is 0 Å². The summed E-state index contributed by atoms with van der Waals surface area (Å²) in [6.45, 7) is 2.15. The third-order valence-electron chi connectivity index (χ3n) is 2.15. The van der Waals surface area contributed by atoms with Gasteiger partial charge >= 0.3 is 0 Å². The van der Waals surface area contributed by atoms with Gasteiger partial charge in [0.1, 0.15) is 0 Å². The molecule has 0 saturated heterocycles. The average Bonchev–Trinajstić information content (AvgIpc) is 2.21. The fourth-order valence-electron chi connectivity index (χ4n) is 1.18. The minimum atomic E-state index is 0.0210. The number of rotatable bonds is 8. The SMILES string of the molecule is CCCCC(Cl)C(Cl)CCC(Cl)CCl. The summed E-state index contributed by atoms with van der Waals surface area (Å²) in [6, 6.07) is 0. The second-order valence-corrected chi connectivity index (χ2v) is 5.55. The molecule has 0 aliphatic rings. The Kier molecular flexibility index (Phi) is 10.2. The predicted molar refractivity (Wildman–Crippen MR) is 68.4 cm³/mol. The molecule has 3 unspecified atom stereocenters. The molecule has 3 atom stereocenters. The molecule has 4 heteroatoms. The van der Waals surface area contributed by atoms with Crippen molar-refractivity contribution in [1.82, 2.24) is 0 Å². The van der Waals surface area contributed by atoms with E-state index in [4.69, 9.17) is 46.4 Å². The lowest BCUT2D eigenvalue weighted by atomic mass is 10.1. The monoisotopic (exact) mass is 278 g/mol. The zero-order chi connectivity index (χ0) is 11.0. The first kappa shape index (κ1) is 15.2. The molecule has 0 heterocycles. The van der Waals surface area contributed by atoms with Gasteiger partial charge in [-0.25, -0.2) is 0 Å². The molecule has 0 aromatic carbocycles. The molecule has 14 heavy (non-hydrogen) atoms. The molecular formula is C10H18Cl4. The Labute approximate surface area is 107 Å². The molecule has 0 nitrogen and oxygen atoms in total. The fourth-order valence-corrected chi connectivity index (χ4v) is 1.99. The maximum Gasteiger partial charge on any atom is 0.0500 e. The van der Waals surface area contributed by atoms with Crippen molar-refractivity contribution in [3.8, 4) is 0 Å². The normalized spacial score (nSPS) is 17.8. The lowest BCUT2D eigenvalue weighted by Crippen LogP contribution is -2.17. The third-order valence-corrected chi connectivity index (χ3v) is 4.23. The summed E-state index contributed by atoms with van der Waals surface area (Å²) >= 11 is 23.7. The van der Waals surface area contributed by atoms with Gasteiger partial charge in [-0.1, -0.05) is 19.8 Å². The molecule has 0 saturated carbocycles. The highest BCUT2D eigenvalue weighted by Gasteiger charge is 2.17. The van der Waals surface area contributed by atoms with Gasteiger partial charge < -0.3 is 0 Å². The van der Waals surface area contributed by atoms with Gasteiger partial charge in [0.15, 0.2) is 0 Å². The number of unbranched alkanes of at least 4 members (excludes halogenated alkanes) is 1. The number of hydrogen-bond acceptors (Lipinski definition) is 0. The van der Waals surface area contributed by atoms with E-state index in [2.05, 4.69) is 6.92 Å². The van der Waals surface area contributed by atoms with Crippen molar-refractivity contribution in [3.05, 3.63) is 0 Å². The fraction of sp³-hybridized carbons (Fsp3) is 1.00. The largest absolute Gasteiger partial charge is 0.125 e. The molecule has 0 spiro atoms. The van der Waals surface area contributed by atoms with Gasteiger partial charge in [0.05, 0.1) is 0 Å². The summed E-state index contributed by atoms with van der Waals surface area (Å²) in [4.78, 5) is 0. The van der Waals surface area contributed by atoms with Gasteiger partial charge in [-0.2, -0.15) is 0 Å². The lowest BCUT2D eigenvalue weighted by molar-refractivity contribution is 0.601. The summed E-state index contributed by atoms with van der Waals surface area (Å²) in [5, 5.41) is 0.108. The Morgan fingerprint density at radius 2 is 1.50 bits per heavy atom. The lowest BCUT2D eigenvalue weighted by Gasteiger charge is -2.16. The van der Waals surface area contributed by atoms with E-state index in [1.54, 1.807) is 0 Å². The quantitative estimate of drug-likeness (QED) is 0.548. The molecule has 0 aliphatic carbocycles. The summed E-state index contributed by atoms with van der Waals surface area (Å²) < 4.78 is 0. The Morgan fingerprint density at radius 1 is 0.929 bits per heavy atom. The smallest absolute Gasteiger partial charge is 0.0500 e. The van der Waals surface area contributed by atoms with Crippen molar-refractivity contribution >= 4 is 46.4 Å². The third kappa shape index (κ3) is 7.45. The Bertz CT molecular complexity index is 129. The van der Waals surface area contributed by atoms with Crippen LogP contribution in [-0.2, 0) is 0 Å². The molecule has 0 radical (unpaired) electrons. The molecule has 86 valence electrons. The van der Waals surface area contributed by atoms with Gasteiger partial charge in [-0.05, 0) is 19.3 Å². The molecule has 0 rings (SSSR count). The molecule has 0 aliphatic heterocycles. The number of alkyl halides is 4. The van der Waals surface area contributed by atoms with Crippen molar-refractivity contribution in [2.45, 2.75) is 55.2 Å². The summed E-state index contributed by atoms with van der Waals surface area (Å²) in [5.41, 5.74) is 0. The van der Waals surface area contributed by atoms with Crippen LogP contribution in [0.4, 0.5) is 0 Å². The van der Waals surface area contributed by atoms with Crippen molar-refractivity contribution in [1.29, 1.82) is 0 Å². The second kappa shape index (κ2) is 9.39. The summed E-state index contributed by atoms with van der Waals surface area (Å²) in [7, 11) is 0. The van der Waals surface area contributed by atoms with Crippen LogP contribution in [0.5, 0.6) is 0 Å². The van der Waals surface area contributed by atoms with Crippen molar-refractivity contribution in [2.75, 3.05) is 5.88 Å². The van der Waals surface area contributed by atoms with Gasteiger partial charge in [0, 0.05) is 22.0 Å². The molecule has 0 N–H and O–H groups in total. The van der Waals surface area contributed by atoms with Crippen LogP contribution in [0.15, 0.2) is 0 Å². The number of halogens is 4. The van der Waals surface area contributed by atoms with Crippen LogP contribution in [0.3, 0.4) is 0 Å². The van der Waals surface area contributed by atoms with Gasteiger partial charge in [-0.3, -0.25) is 0 Å². The van der Waals surface area contributed by atoms with Crippen molar-refractivity contribution < 1.29 is 0 Å². The van der Waals surface area contributed by atoms with E-state index in [1.807, 2.05) is 0 Å². The summed E-state index contributed by atoms with van der Waals surface area (Å²) in [5.74, 6) is 0.479. The minimum absolute atomic E-state index is 0.0210. The molecule has 0 aromatic heterocycles. The highest BCUT2D eigenvalue weighted by molar-refractivity contribution is 6.30. The van der Waals surface area contributed by atoms with E-state index in [0.29, 0.717) is 5.88 Å². The Morgan fingerprint density at radius 3 is 2.00 bits per heavy atom.